The highest BCUT2D eigenvalue weighted by Gasteiger charge is 2.16. The Morgan fingerprint density at radius 1 is 1.33 bits per heavy atom. The molecule has 2 atom stereocenters. The van der Waals surface area contributed by atoms with E-state index in [2.05, 4.69) is 12.6 Å². The van der Waals surface area contributed by atoms with E-state index in [1.807, 2.05) is 0 Å². The average Bonchev–Trinajstić information content (AvgIpc) is 2.27. The molecule has 0 aliphatic rings. The van der Waals surface area contributed by atoms with Crippen molar-refractivity contribution in [3.8, 4) is 0 Å². The second-order valence-electron chi connectivity index (χ2n) is 3.18. The Kier molecular flexibility index (Phi) is 4.53. The lowest BCUT2D eigenvalue weighted by Gasteiger charge is -2.16. The minimum atomic E-state index is -0.928. The molecule has 0 aliphatic carbocycles. The third-order valence-electron chi connectivity index (χ3n) is 2.09. The molecule has 0 heterocycles. The van der Waals surface area contributed by atoms with Gasteiger partial charge in [-0.2, -0.15) is 12.6 Å². The fourth-order valence-corrected chi connectivity index (χ4v) is 1.50. The van der Waals surface area contributed by atoms with Crippen LogP contribution in [0, 0.1) is 0 Å². The summed E-state index contributed by atoms with van der Waals surface area (Å²) in [6.45, 7) is 0. The number of thiol groups is 1. The molecule has 82 valence electrons. The van der Waals surface area contributed by atoms with Crippen LogP contribution in [0.25, 0.3) is 0 Å². The van der Waals surface area contributed by atoms with E-state index in [-0.39, 0.29) is 5.75 Å². The number of aliphatic hydroxyl groups is 2. The lowest BCUT2D eigenvalue weighted by atomic mass is 10.0. The van der Waals surface area contributed by atoms with Crippen molar-refractivity contribution < 1.29 is 10.2 Å². The summed E-state index contributed by atoms with van der Waals surface area (Å²) in [6.07, 6.45) is -1.80. The Morgan fingerprint density at radius 2 is 1.87 bits per heavy atom. The topological polar surface area (TPSA) is 66.5 Å². The summed E-state index contributed by atoms with van der Waals surface area (Å²) in [4.78, 5) is 0.311. The maximum atomic E-state index is 9.66. The van der Waals surface area contributed by atoms with Gasteiger partial charge in [0, 0.05) is 11.3 Å². The SMILES string of the molecule is NC(=S)c1ccc(C(O)C(O)CS)cc1. The number of aliphatic hydroxyl groups excluding tert-OH is 2. The number of rotatable bonds is 4. The van der Waals surface area contributed by atoms with Crippen molar-refractivity contribution in [1.82, 2.24) is 0 Å². The lowest BCUT2D eigenvalue weighted by molar-refractivity contribution is 0.0337. The summed E-state index contributed by atoms with van der Waals surface area (Å²) in [6, 6.07) is 6.80. The fourth-order valence-electron chi connectivity index (χ4n) is 1.17. The predicted octanol–water partition coefficient (Wildman–Crippen LogP) is 0.645. The van der Waals surface area contributed by atoms with E-state index < -0.39 is 12.2 Å². The third kappa shape index (κ3) is 3.17. The van der Waals surface area contributed by atoms with E-state index >= 15 is 0 Å². The first-order valence-corrected chi connectivity index (χ1v) is 5.47. The molecule has 1 aromatic carbocycles. The van der Waals surface area contributed by atoms with Crippen molar-refractivity contribution in [3.63, 3.8) is 0 Å². The molecule has 0 bridgehead atoms. The largest absolute Gasteiger partial charge is 0.389 e. The smallest absolute Gasteiger partial charge is 0.106 e. The van der Waals surface area contributed by atoms with Crippen LogP contribution in [0.2, 0.25) is 0 Å². The Labute approximate surface area is 99.3 Å². The van der Waals surface area contributed by atoms with Crippen LogP contribution in [0.5, 0.6) is 0 Å². The van der Waals surface area contributed by atoms with Gasteiger partial charge >= 0.3 is 0 Å². The summed E-state index contributed by atoms with van der Waals surface area (Å²) < 4.78 is 0. The Balaban J connectivity index is 2.84. The number of thiocarbonyl (C=S) groups is 1. The normalized spacial score (nSPS) is 14.6. The first-order valence-electron chi connectivity index (χ1n) is 4.43. The number of nitrogens with two attached hydrogens (primary N) is 1. The second-order valence-corrected chi connectivity index (χ2v) is 3.99. The average molecular weight is 243 g/mol. The van der Waals surface area contributed by atoms with Gasteiger partial charge < -0.3 is 15.9 Å². The van der Waals surface area contributed by atoms with Crippen LogP contribution < -0.4 is 5.73 Å². The van der Waals surface area contributed by atoms with Crippen LogP contribution in [-0.4, -0.2) is 27.1 Å². The monoisotopic (exact) mass is 243 g/mol. The molecular formula is C10H13NO2S2. The van der Waals surface area contributed by atoms with Crippen molar-refractivity contribution >= 4 is 29.8 Å². The maximum absolute atomic E-state index is 9.66. The van der Waals surface area contributed by atoms with Gasteiger partial charge in [-0.15, -0.1) is 0 Å². The van der Waals surface area contributed by atoms with Gasteiger partial charge in [0.1, 0.15) is 11.1 Å². The van der Waals surface area contributed by atoms with Crippen molar-refractivity contribution in [2.75, 3.05) is 5.75 Å². The quantitative estimate of drug-likeness (QED) is 0.463. The van der Waals surface area contributed by atoms with E-state index in [0.717, 1.165) is 5.56 Å². The molecule has 5 heteroatoms. The molecule has 0 amide bonds. The molecule has 3 nitrogen and oxygen atoms in total. The van der Waals surface area contributed by atoms with E-state index in [9.17, 15) is 10.2 Å². The Hall–Kier alpha value is -0.620. The standard InChI is InChI=1S/C10H13NO2S2/c11-10(15)7-3-1-6(2-4-7)9(13)8(12)5-14/h1-4,8-9,12-14H,5H2,(H2,11,15). The molecular weight excluding hydrogens is 230 g/mol. The lowest BCUT2D eigenvalue weighted by Crippen LogP contribution is -2.20. The van der Waals surface area contributed by atoms with Gasteiger partial charge in [0.2, 0.25) is 0 Å². The Morgan fingerprint density at radius 3 is 2.27 bits per heavy atom. The van der Waals surface area contributed by atoms with Gasteiger partial charge in [-0.25, -0.2) is 0 Å². The van der Waals surface area contributed by atoms with Crippen LogP contribution >= 0.6 is 24.8 Å². The molecule has 4 N–H and O–H groups in total. The van der Waals surface area contributed by atoms with Crippen LogP contribution in [0.4, 0.5) is 0 Å². The minimum Gasteiger partial charge on any atom is -0.389 e. The summed E-state index contributed by atoms with van der Waals surface area (Å²) in [5, 5.41) is 19.0. The molecule has 0 fully saturated rings. The number of hydrogen-bond acceptors (Lipinski definition) is 4. The van der Waals surface area contributed by atoms with Gasteiger partial charge in [-0.1, -0.05) is 36.5 Å². The van der Waals surface area contributed by atoms with Crippen LogP contribution in [-0.2, 0) is 0 Å². The van der Waals surface area contributed by atoms with E-state index in [1.54, 1.807) is 24.3 Å². The summed E-state index contributed by atoms with van der Waals surface area (Å²) in [5.41, 5.74) is 6.79. The molecule has 15 heavy (non-hydrogen) atoms. The van der Waals surface area contributed by atoms with Gasteiger partial charge in [0.15, 0.2) is 0 Å². The summed E-state index contributed by atoms with van der Waals surface area (Å²) in [5.74, 6) is 0.207. The summed E-state index contributed by atoms with van der Waals surface area (Å²) >= 11 is 8.71. The maximum Gasteiger partial charge on any atom is 0.106 e. The highest BCUT2D eigenvalue weighted by Crippen LogP contribution is 2.18. The van der Waals surface area contributed by atoms with Crippen LogP contribution in [0.15, 0.2) is 24.3 Å². The van der Waals surface area contributed by atoms with Gasteiger partial charge in [0.05, 0.1) is 6.10 Å². The summed E-state index contributed by atoms with van der Waals surface area (Å²) in [7, 11) is 0. The van der Waals surface area contributed by atoms with Crippen LogP contribution in [0.3, 0.4) is 0 Å². The molecule has 0 aliphatic heterocycles. The third-order valence-corrected chi connectivity index (χ3v) is 2.70. The zero-order valence-corrected chi connectivity index (χ0v) is 9.71. The Bertz CT molecular complexity index is 340. The van der Waals surface area contributed by atoms with Gasteiger partial charge in [-0.3, -0.25) is 0 Å². The molecule has 0 saturated heterocycles. The fraction of sp³-hybridized carbons (Fsp3) is 0.300. The highest BCUT2D eigenvalue weighted by atomic mass is 32.1. The number of hydrogen-bond donors (Lipinski definition) is 4. The van der Waals surface area contributed by atoms with Gasteiger partial charge in [0.25, 0.3) is 0 Å². The van der Waals surface area contributed by atoms with E-state index in [1.165, 1.54) is 0 Å². The van der Waals surface area contributed by atoms with Crippen molar-refractivity contribution in [2.24, 2.45) is 5.73 Å². The van der Waals surface area contributed by atoms with Gasteiger partial charge in [-0.05, 0) is 5.56 Å². The minimum absolute atomic E-state index is 0.207. The highest BCUT2D eigenvalue weighted by molar-refractivity contribution is 7.80. The second kappa shape index (κ2) is 5.46. The number of benzene rings is 1. The molecule has 0 saturated carbocycles. The van der Waals surface area contributed by atoms with Crippen molar-refractivity contribution in [1.29, 1.82) is 0 Å². The molecule has 1 rings (SSSR count). The molecule has 0 aromatic heterocycles. The van der Waals surface area contributed by atoms with Crippen molar-refractivity contribution in [2.45, 2.75) is 12.2 Å². The zero-order valence-electron chi connectivity index (χ0n) is 8.00. The first kappa shape index (κ1) is 12.4. The first-order chi connectivity index (χ1) is 7.06. The van der Waals surface area contributed by atoms with Crippen molar-refractivity contribution in [3.05, 3.63) is 35.4 Å². The van der Waals surface area contributed by atoms with E-state index in [4.69, 9.17) is 18.0 Å². The zero-order chi connectivity index (χ0) is 11.4. The van der Waals surface area contributed by atoms with Crippen LogP contribution in [0.1, 0.15) is 17.2 Å². The molecule has 2 unspecified atom stereocenters. The molecule has 0 radical (unpaired) electrons. The molecule has 1 aromatic rings. The molecule has 0 spiro atoms. The predicted molar refractivity (Wildman–Crippen MR) is 67.1 cm³/mol. The van der Waals surface area contributed by atoms with E-state index in [0.29, 0.717) is 10.6 Å².